The number of fused-ring (bicyclic) bond motifs is 4. The first-order valence-corrected chi connectivity index (χ1v) is 18.5. The second kappa shape index (κ2) is 11.0. The Bertz CT molecular complexity index is 2200. The van der Waals surface area contributed by atoms with Crippen LogP contribution in [0.25, 0.3) is 21.2 Å². The number of benzene rings is 5. The molecule has 0 bridgehead atoms. The van der Waals surface area contributed by atoms with Crippen LogP contribution in [0.5, 0.6) is 0 Å². The molecule has 0 atom stereocenters. The molecular formula is C45H46BNS. The van der Waals surface area contributed by atoms with Crippen LogP contribution in [-0.4, -0.2) is 6.71 Å². The van der Waals surface area contributed by atoms with E-state index in [0.29, 0.717) is 0 Å². The van der Waals surface area contributed by atoms with Crippen LogP contribution in [0.1, 0.15) is 83.6 Å². The van der Waals surface area contributed by atoms with Crippen LogP contribution < -0.4 is 21.3 Å². The van der Waals surface area contributed by atoms with Crippen molar-refractivity contribution in [2.45, 2.75) is 84.5 Å². The van der Waals surface area contributed by atoms with Gasteiger partial charge in [0, 0.05) is 21.6 Å². The number of aryl methyl sites for hydroxylation is 1. The van der Waals surface area contributed by atoms with Crippen LogP contribution >= 0.6 is 11.3 Å². The maximum Gasteiger partial charge on any atom is 0.248 e. The highest BCUT2D eigenvalue weighted by Crippen LogP contribution is 2.50. The minimum Gasteiger partial charge on any atom is -0.311 e. The molecule has 0 N–H and O–H groups in total. The zero-order valence-electron chi connectivity index (χ0n) is 29.7. The number of thiophene rings is 1. The van der Waals surface area contributed by atoms with Gasteiger partial charge in [0.2, 0.25) is 6.71 Å². The molecule has 0 fully saturated rings. The molecule has 6 aromatic rings. The van der Waals surface area contributed by atoms with E-state index in [1.807, 2.05) is 11.3 Å². The van der Waals surface area contributed by atoms with E-state index >= 15 is 0 Å². The molecule has 48 heavy (non-hydrogen) atoms. The van der Waals surface area contributed by atoms with Crippen molar-refractivity contribution < 1.29 is 0 Å². The molecule has 0 unspecified atom stereocenters. The van der Waals surface area contributed by atoms with Crippen LogP contribution in [0.2, 0.25) is 0 Å². The van der Waals surface area contributed by atoms with Crippen molar-refractivity contribution in [2.24, 2.45) is 0 Å². The number of nitrogens with zero attached hydrogens (tertiary/aromatic N) is 1. The lowest BCUT2D eigenvalue weighted by Crippen LogP contribution is -2.57. The standard InChI is InChI=1S/C45H46BNS/c1-29-18-20-36-40(24-29)47(39-21-19-31(43(2,3)4)25-33(39)30-14-10-9-11-15-30)41-27-35-34(44(5,6)22-23-45(35,7)8)26-37(41)46(36)38-28-48-42-17-13-12-16-32(38)42/h9-21,24-28H,22-23H2,1-8H3. The monoisotopic (exact) mass is 643 g/mol. The zero-order valence-corrected chi connectivity index (χ0v) is 30.6. The fourth-order valence-corrected chi connectivity index (χ4v) is 9.28. The van der Waals surface area contributed by atoms with E-state index in [9.17, 15) is 0 Å². The van der Waals surface area contributed by atoms with Gasteiger partial charge in [0.05, 0.1) is 5.69 Å². The first kappa shape index (κ1) is 31.2. The smallest absolute Gasteiger partial charge is 0.248 e. The van der Waals surface area contributed by atoms with Crippen LogP contribution in [0.15, 0.2) is 109 Å². The first-order chi connectivity index (χ1) is 22.8. The summed E-state index contributed by atoms with van der Waals surface area (Å²) in [6.45, 7) is 19.2. The van der Waals surface area contributed by atoms with Gasteiger partial charge >= 0.3 is 0 Å². The Morgan fingerprint density at radius 3 is 2.04 bits per heavy atom. The van der Waals surface area contributed by atoms with Crippen LogP contribution in [0.4, 0.5) is 17.1 Å². The number of rotatable bonds is 3. The largest absolute Gasteiger partial charge is 0.311 e. The highest BCUT2D eigenvalue weighted by Gasteiger charge is 2.43. The van der Waals surface area contributed by atoms with Crippen molar-refractivity contribution in [3.8, 4) is 11.1 Å². The molecule has 2 heterocycles. The topological polar surface area (TPSA) is 3.24 Å². The van der Waals surface area contributed by atoms with Gasteiger partial charge in [-0.15, -0.1) is 11.3 Å². The van der Waals surface area contributed by atoms with E-state index in [2.05, 4.69) is 169 Å². The Labute approximate surface area is 291 Å². The molecular weight excluding hydrogens is 597 g/mol. The maximum absolute atomic E-state index is 2.63. The fraction of sp³-hybridized carbons (Fsp3) is 0.289. The second-order valence-corrected chi connectivity index (χ2v) is 17.5. The summed E-state index contributed by atoms with van der Waals surface area (Å²) in [5.74, 6) is 0. The summed E-state index contributed by atoms with van der Waals surface area (Å²) in [5.41, 5.74) is 16.5. The number of hydrogen-bond donors (Lipinski definition) is 0. The third-order valence-electron chi connectivity index (χ3n) is 11.3. The number of hydrogen-bond acceptors (Lipinski definition) is 2. The first-order valence-electron chi connectivity index (χ1n) is 17.6. The van der Waals surface area contributed by atoms with Crippen molar-refractivity contribution in [1.82, 2.24) is 0 Å². The van der Waals surface area contributed by atoms with Crippen molar-refractivity contribution in [3.63, 3.8) is 0 Å². The van der Waals surface area contributed by atoms with E-state index in [0.717, 1.165) is 0 Å². The van der Waals surface area contributed by atoms with Gasteiger partial charge in [0.25, 0.3) is 0 Å². The molecule has 0 spiro atoms. The van der Waals surface area contributed by atoms with Gasteiger partial charge in [-0.3, -0.25) is 0 Å². The Balaban J connectivity index is 1.49. The summed E-state index contributed by atoms with van der Waals surface area (Å²) < 4.78 is 1.36. The summed E-state index contributed by atoms with van der Waals surface area (Å²) in [7, 11) is 0. The highest BCUT2D eigenvalue weighted by atomic mass is 32.1. The van der Waals surface area contributed by atoms with Crippen LogP contribution in [0.3, 0.4) is 0 Å². The van der Waals surface area contributed by atoms with Crippen LogP contribution in [-0.2, 0) is 16.2 Å². The van der Waals surface area contributed by atoms with Crippen molar-refractivity contribution in [3.05, 3.63) is 131 Å². The normalized spacial score (nSPS) is 16.4. The molecule has 0 radical (unpaired) electrons. The maximum atomic E-state index is 2.63. The average molecular weight is 644 g/mol. The van der Waals surface area contributed by atoms with Gasteiger partial charge < -0.3 is 4.90 Å². The summed E-state index contributed by atoms with van der Waals surface area (Å²) in [6, 6.07) is 39.6. The van der Waals surface area contributed by atoms with Crippen LogP contribution in [0, 0.1) is 6.92 Å². The predicted molar refractivity (Wildman–Crippen MR) is 212 cm³/mol. The third kappa shape index (κ3) is 4.96. The molecule has 240 valence electrons. The van der Waals surface area contributed by atoms with Crippen molar-refractivity contribution >= 4 is 61.6 Å². The Morgan fingerprint density at radius 1 is 0.646 bits per heavy atom. The fourth-order valence-electron chi connectivity index (χ4n) is 8.30. The summed E-state index contributed by atoms with van der Waals surface area (Å²) in [4.78, 5) is 2.62. The van der Waals surface area contributed by atoms with Crippen molar-refractivity contribution in [2.75, 3.05) is 4.90 Å². The lowest BCUT2D eigenvalue weighted by molar-refractivity contribution is 0.332. The molecule has 0 saturated heterocycles. The van der Waals surface area contributed by atoms with Gasteiger partial charge in [-0.1, -0.05) is 127 Å². The molecule has 1 aliphatic carbocycles. The molecule has 2 aliphatic rings. The number of anilines is 3. The second-order valence-electron chi connectivity index (χ2n) is 16.6. The quantitative estimate of drug-likeness (QED) is 0.173. The molecule has 8 rings (SSSR count). The van der Waals surface area contributed by atoms with Gasteiger partial charge in [-0.25, -0.2) is 0 Å². The van der Waals surface area contributed by atoms with E-state index in [1.54, 1.807) is 0 Å². The SMILES string of the molecule is Cc1ccc2c(c1)N(c1ccc(C(C)(C)C)cc1-c1ccccc1)c1cc3c(cc1B2c1csc2ccccc12)C(C)(C)CCC3(C)C. The van der Waals surface area contributed by atoms with Gasteiger partial charge in [-0.05, 0) is 116 Å². The van der Waals surface area contributed by atoms with Gasteiger partial charge in [-0.2, -0.15) is 0 Å². The molecule has 3 heteroatoms. The Hall–Kier alpha value is -4.08. The minimum absolute atomic E-state index is 0.0378. The van der Waals surface area contributed by atoms with E-state index < -0.39 is 0 Å². The minimum atomic E-state index is 0.0378. The van der Waals surface area contributed by atoms with Gasteiger partial charge in [0.1, 0.15) is 0 Å². The Kier molecular flexibility index (Phi) is 7.13. The zero-order chi connectivity index (χ0) is 33.6. The van der Waals surface area contributed by atoms with Crippen molar-refractivity contribution in [1.29, 1.82) is 0 Å². The Morgan fingerprint density at radius 2 is 1.31 bits per heavy atom. The molecule has 5 aromatic carbocycles. The summed E-state index contributed by atoms with van der Waals surface area (Å²) >= 11 is 1.88. The lowest BCUT2D eigenvalue weighted by Gasteiger charge is -2.45. The van der Waals surface area contributed by atoms with E-state index in [-0.39, 0.29) is 23.0 Å². The molecule has 0 saturated carbocycles. The summed E-state index contributed by atoms with van der Waals surface area (Å²) in [6.07, 6.45) is 2.39. The predicted octanol–water partition coefficient (Wildman–Crippen LogP) is 10.8. The molecule has 1 nitrogen and oxygen atoms in total. The van der Waals surface area contributed by atoms with Gasteiger partial charge in [0.15, 0.2) is 0 Å². The highest BCUT2D eigenvalue weighted by molar-refractivity contribution is 7.20. The third-order valence-corrected chi connectivity index (χ3v) is 12.3. The summed E-state index contributed by atoms with van der Waals surface area (Å²) in [5, 5.41) is 3.80. The average Bonchev–Trinajstić information content (AvgIpc) is 3.49. The molecule has 0 amide bonds. The van der Waals surface area contributed by atoms with E-state index in [1.165, 1.54) is 89.8 Å². The molecule has 1 aliphatic heterocycles. The van der Waals surface area contributed by atoms with E-state index in [4.69, 9.17) is 0 Å². The lowest BCUT2D eigenvalue weighted by atomic mass is 9.34. The molecule has 1 aromatic heterocycles.